The van der Waals surface area contributed by atoms with Gasteiger partial charge in [0, 0.05) is 29.5 Å². The van der Waals surface area contributed by atoms with Crippen LogP contribution in [0, 0.1) is 5.41 Å². The number of hydrogen-bond acceptors (Lipinski definition) is 3. The summed E-state index contributed by atoms with van der Waals surface area (Å²) in [7, 11) is 2.14. The summed E-state index contributed by atoms with van der Waals surface area (Å²) in [5, 5.41) is 9.94. The predicted octanol–water partition coefficient (Wildman–Crippen LogP) is 2.32. The van der Waals surface area contributed by atoms with Gasteiger partial charge in [-0.1, -0.05) is 15.9 Å². The second-order valence-corrected chi connectivity index (χ2v) is 7.04. The lowest BCUT2D eigenvalue weighted by Gasteiger charge is -2.24. The van der Waals surface area contributed by atoms with Crippen LogP contribution in [0.4, 0.5) is 0 Å². The highest BCUT2D eigenvalue weighted by molar-refractivity contribution is 9.10. The summed E-state index contributed by atoms with van der Waals surface area (Å²) in [6, 6.07) is 5.05. The van der Waals surface area contributed by atoms with Gasteiger partial charge in [-0.3, -0.25) is 4.79 Å². The Morgan fingerprint density at radius 1 is 1.30 bits per heavy atom. The molecule has 1 N–H and O–H groups in total. The molecular weight excluding hydrogens is 320 g/mol. The molecule has 108 valence electrons. The molecule has 2 heterocycles. The molecular formula is C15H19BrN2O2. The van der Waals surface area contributed by atoms with Gasteiger partial charge in [-0.25, -0.2) is 0 Å². The third-order valence-electron chi connectivity index (χ3n) is 4.54. The van der Waals surface area contributed by atoms with Gasteiger partial charge in [0.1, 0.15) is 5.75 Å². The maximum atomic E-state index is 12.5. The first-order valence-electron chi connectivity index (χ1n) is 6.95. The van der Waals surface area contributed by atoms with Crippen molar-refractivity contribution in [3.05, 3.63) is 28.2 Å². The first-order chi connectivity index (χ1) is 9.49. The molecule has 0 saturated carbocycles. The van der Waals surface area contributed by atoms with Gasteiger partial charge < -0.3 is 14.9 Å². The maximum absolute atomic E-state index is 12.5. The number of phenolic OH excluding ortho intramolecular Hbond substituents is 1. The van der Waals surface area contributed by atoms with Crippen molar-refractivity contribution < 1.29 is 9.90 Å². The van der Waals surface area contributed by atoms with Crippen LogP contribution in [-0.2, 0) is 0 Å². The number of hydrogen-bond donors (Lipinski definition) is 1. The number of rotatable bonds is 1. The van der Waals surface area contributed by atoms with E-state index in [-0.39, 0.29) is 17.1 Å². The van der Waals surface area contributed by atoms with Crippen LogP contribution in [0.2, 0.25) is 0 Å². The molecule has 3 rings (SSSR count). The normalized spacial score (nSPS) is 26.6. The van der Waals surface area contributed by atoms with Crippen molar-refractivity contribution in [1.29, 1.82) is 0 Å². The third-order valence-corrected chi connectivity index (χ3v) is 5.04. The fraction of sp³-hybridized carbons (Fsp3) is 0.533. The van der Waals surface area contributed by atoms with E-state index in [0.717, 1.165) is 37.1 Å². The maximum Gasteiger partial charge on any atom is 0.257 e. The number of benzene rings is 1. The average molecular weight is 339 g/mol. The molecule has 2 fully saturated rings. The Labute approximate surface area is 127 Å². The Bertz CT molecular complexity index is 549. The number of amides is 1. The molecule has 5 heteroatoms. The van der Waals surface area contributed by atoms with Crippen LogP contribution in [0.5, 0.6) is 5.75 Å². The van der Waals surface area contributed by atoms with E-state index in [9.17, 15) is 9.90 Å². The number of phenols is 1. The van der Waals surface area contributed by atoms with Crippen molar-refractivity contribution >= 4 is 21.8 Å². The smallest absolute Gasteiger partial charge is 0.257 e. The molecule has 0 radical (unpaired) electrons. The van der Waals surface area contributed by atoms with E-state index >= 15 is 0 Å². The Morgan fingerprint density at radius 3 is 2.70 bits per heavy atom. The molecule has 1 amide bonds. The highest BCUT2D eigenvalue weighted by atomic mass is 79.9. The lowest BCUT2D eigenvalue weighted by atomic mass is 9.86. The third kappa shape index (κ3) is 2.44. The van der Waals surface area contributed by atoms with E-state index in [2.05, 4.69) is 27.9 Å². The number of halogens is 1. The summed E-state index contributed by atoms with van der Waals surface area (Å²) in [4.78, 5) is 16.8. The van der Waals surface area contributed by atoms with Crippen molar-refractivity contribution in [3.8, 4) is 5.75 Å². The van der Waals surface area contributed by atoms with Gasteiger partial charge in [-0.2, -0.15) is 0 Å². The second-order valence-electron chi connectivity index (χ2n) is 6.13. The monoisotopic (exact) mass is 338 g/mol. The van der Waals surface area contributed by atoms with Crippen molar-refractivity contribution in [2.75, 3.05) is 33.2 Å². The molecule has 2 saturated heterocycles. The van der Waals surface area contributed by atoms with Crippen molar-refractivity contribution in [2.24, 2.45) is 5.41 Å². The zero-order chi connectivity index (χ0) is 14.3. The minimum Gasteiger partial charge on any atom is -0.507 e. The van der Waals surface area contributed by atoms with Gasteiger partial charge in [-0.05, 0) is 44.6 Å². The summed E-state index contributed by atoms with van der Waals surface area (Å²) >= 11 is 3.29. The molecule has 2 aliphatic rings. The first-order valence-corrected chi connectivity index (χ1v) is 7.75. The second kappa shape index (κ2) is 5.04. The lowest BCUT2D eigenvalue weighted by Crippen LogP contribution is -2.33. The number of likely N-dealkylation sites (tertiary alicyclic amines) is 2. The topological polar surface area (TPSA) is 43.8 Å². The van der Waals surface area contributed by atoms with Gasteiger partial charge in [0.15, 0.2) is 0 Å². The van der Waals surface area contributed by atoms with E-state index in [1.807, 2.05) is 4.90 Å². The molecule has 1 spiro atoms. The fourth-order valence-electron chi connectivity index (χ4n) is 3.46. The van der Waals surface area contributed by atoms with Gasteiger partial charge in [0.2, 0.25) is 0 Å². The number of carbonyl (C=O) groups excluding carboxylic acids is 1. The van der Waals surface area contributed by atoms with E-state index in [4.69, 9.17) is 0 Å². The largest absolute Gasteiger partial charge is 0.507 e. The molecule has 4 nitrogen and oxygen atoms in total. The van der Waals surface area contributed by atoms with E-state index in [1.165, 1.54) is 6.42 Å². The van der Waals surface area contributed by atoms with Gasteiger partial charge in [0.05, 0.1) is 5.56 Å². The molecule has 1 atom stereocenters. The summed E-state index contributed by atoms with van der Waals surface area (Å²) in [5.74, 6) is -0.00436. The fourth-order valence-corrected chi connectivity index (χ4v) is 3.81. The van der Waals surface area contributed by atoms with Crippen molar-refractivity contribution in [2.45, 2.75) is 12.8 Å². The summed E-state index contributed by atoms with van der Waals surface area (Å²) in [6.45, 7) is 3.79. The zero-order valence-corrected chi connectivity index (χ0v) is 13.2. The SMILES string of the molecule is CN1CCC2(CCN(C(=O)c3ccc(Br)cc3O)C2)C1. The van der Waals surface area contributed by atoms with Crippen LogP contribution < -0.4 is 0 Å². The number of nitrogens with zero attached hydrogens (tertiary/aromatic N) is 2. The Morgan fingerprint density at radius 2 is 2.05 bits per heavy atom. The van der Waals surface area contributed by atoms with Gasteiger partial charge in [-0.15, -0.1) is 0 Å². The summed E-state index contributed by atoms with van der Waals surface area (Å²) in [6.07, 6.45) is 2.24. The Hall–Kier alpha value is -1.07. The standard InChI is InChI=1S/C15H19BrN2O2/c1-17-6-4-15(9-17)5-7-18(10-15)14(20)12-3-2-11(16)8-13(12)19/h2-3,8,19H,4-7,9-10H2,1H3. The van der Waals surface area contributed by atoms with Crippen LogP contribution in [0.25, 0.3) is 0 Å². The molecule has 1 aromatic carbocycles. The highest BCUT2D eigenvalue weighted by Crippen LogP contribution is 2.39. The molecule has 1 unspecified atom stereocenters. The molecule has 0 aliphatic carbocycles. The van der Waals surface area contributed by atoms with Gasteiger partial charge in [0.25, 0.3) is 5.91 Å². The van der Waals surface area contributed by atoms with Crippen LogP contribution in [0.1, 0.15) is 23.2 Å². The van der Waals surface area contributed by atoms with Crippen LogP contribution in [0.15, 0.2) is 22.7 Å². The summed E-state index contributed by atoms with van der Waals surface area (Å²) in [5.41, 5.74) is 0.673. The highest BCUT2D eigenvalue weighted by Gasteiger charge is 2.44. The van der Waals surface area contributed by atoms with Crippen LogP contribution >= 0.6 is 15.9 Å². The van der Waals surface area contributed by atoms with Crippen LogP contribution in [0.3, 0.4) is 0 Å². The molecule has 0 bridgehead atoms. The first kappa shape index (κ1) is 13.9. The van der Waals surface area contributed by atoms with Gasteiger partial charge >= 0.3 is 0 Å². The number of aromatic hydroxyl groups is 1. The average Bonchev–Trinajstić information content (AvgIpc) is 2.96. The number of carbonyl (C=O) groups is 1. The van der Waals surface area contributed by atoms with E-state index < -0.39 is 0 Å². The van der Waals surface area contributed by atoms with Crippen molar-refractivity contribution in [1.82, 2.24) is 9.80 Å². The van der Waals surface area contributed by atoms with E-state index in [0.29, 0.717) is 5.56 Å². The van der Waals surface area contributed by atoms with E-state index in [1.54, 1.807) is 18.2 Å². The molecule has 1 aromatic rings. The molecule has 20 heavy (non-hydrogen) atoms. The Kier molecular flexibility index (Phi) is 3.50. The molecule has 0 aromatic heterocycles. The Balaban J connectivity index is 1.76. The van der Waals surface area contributed by atoms with Crippen LogP contribution in [-0.4, -0.2) is 54.0 Å². The quantitative estimate of drug-likeness (QED) is 0.854. The minimum atomic E-state index is -0.0542. The predicted molar refractivity (Wildman–Crippen MR) is 80.9 cm³/mol. The summed E-state index contributed by atoms with van der Waals surface area (Å²) < 4.78 is 0.779. The lowest BCUT2D eigenvalue weighted by molar-refractivity contribution is 0.0771. The molecule has 2 aliphatic heterocycles. The van der Waals surface area contributed by atoms with Crippen molar-refractivity contribution in [3.63, 3.8) is 0 Å². The minimum absolute atomic E-state index is 0.0499. The zero-order valence-electron chi connectivity index (χ0n) is 11.6.